The van der Waals surface area contributed by atoms with Crippen molar-refractivity contribution in [3.8, 4) is 5.75 Å². The van der Waals surface area contributed by atoms with Crippen LogP contribution in [0.25, 0.3) is 5.65 Å². The predicted octanol–water partition coefficient (Wildman–Crippen LogP) is 2.56. The first-order chi connectivity index (χ1) is 15.1. The van der Waals surface area contributed by atoms with E-state index in [2.05, 4.69) is 30.7 Å². The van der Waals surface area contributed by atoms with Crippen molar-refractivity contribution in [1.82, 2.24) is 29.9 Å². The Kier molecular flexibility index (Phi) is 5.69. The van der Waals surface area contributed by atoms with Gasteiger partial charge in [-0.2, -0.15) is 5.10 Å². The molecule has 3 aromatic heterocycles. The largest absolute Gasteiger partial charge is 0.494 e. The third-order valence-electron chi connectivity index (χ3n) is 4.74. The van der Waals surface area contributed by atoms with Gasteiger partial charge in [-0.25, -0.2) is 23.9 Å². The van der Waals surface area contributed by atoms with Crippen molar-refractivity contribution in [2.75, 3.05) is 19.5 Å². The molecule has 1 aromatic carbocycles. The fourth-order valence-corrected chi connectivity index (χ4v) is 3.11. The highest BCUT2D eigenvalue weighted by atomic mass is 19.1. The second kappa shape index (κ2) is 8.74. The van der Waals surface area contributed by atoms with E-state index >= 15 is 0 Å². The number of halogens is 1. The van der Waals surface area contributed by atoms with E-state index in [1.807, 2.05) is 12.1 Å². The Morgan fingerprint density at radius 1 is 1.16 bits per heavy atom. The van der Waals surface area contributed by atoms with Gasteiger partial charge < -0.3 is 15.4 Å². The summed E-state index contributed by atoms with van der Waals surface area (Å²) in [5, 5.41) is 9.73. The highest BCUT2D eigenvalue weighted by Crippen LogP contribution is 2.24. The first-order valence-electron chi connectivity index (χ1n) is 9.53. The van der Waals surface area contributed by atoms with E-state index in [4.69, 9.17) is 4.74 Å². The quantitative estimate of drug-likeness (QED) is 0.472. The molecular weight excluding hydrogens is 401 g/mol. The second-order valence-electron chi connectivity index (χ2n) is 6.75. The number of hydrogen-bond donors (Lipinski definition) is 2. The zero-order valence-electron chi connectivity index (χ0n) is 17.0. The Labute approximate surface area is 177 Å². The molecule has 10 heteroatoms. The van der Waals surface area contributed by atoms with Gasteiger partial charge in [0.25, 0.3) is 5.91 Å². The van der Waals surface area contributed by atoms with Crippen LogP contribution >= 0.6 is 0 Å². The lowest BCUT2D eigenvalue weighted by molar-refractivity contribution is 0.0962. The third kappa shape index (κ3) is 4.42. The standard InChI is InChI=1S/C21H20FN7O2/c1-23-20(30)15-7-14(19(22)17(8-15)31-2)4-3-13-9-24-21(25-10-13)28-16-5-6-18-26-12-27-29(18)11-16/h5-12H,3-4H2,1-2H3,(H,23,30)(H,24,25,28). The molecule has 0 bridgehead atoms. The first kappa shape index (κ1) is 20.2. The Morgan fingerprint density at radius 2 is 1.97 bits per heavy atom. The van der Waals surface area contributed by atoms with Gasteiger partial charge in [0, 0.05) is 25.0 Å². The summed E-state index contributed by atoms with van der Waals surface area (Å²) < 4.78 is 21.3. The summed E-state index contributed by atoms with van der Waals surface area (Å²) in [5.41, 5.74) is 3.08. The molecule has 0 unspecified atom stereocenters. The van der Waals surface area contributed by atoms with E-state index in [0.29, 0.717) is 29.9 Å². The lowest BCUT2D eigenvalue weighted by Gasteiger charge is -2.11. The number of anilines is 2. The monoisotopic (exact) mass is 421 g/mol. The number of benzene rings is 1. The number of fused-ring (bicyclic) bond motifs is 1. The molecule has 0 aliphatic rings. The molecule has 0 fully saturated rings. The van der Waals surface area contributed by atoms with Gasteiger partial charge >= 0.3 is 0 Å². The molecule has 0 atom stereocenters. The van der Waals surface area contributed by atoms with Crippen LogP contribution in [0.3, 0.4) is 0 Å². The minimum Gasteiger partial charge on any atom is -0.494 e. The average Bonchev–Trinajstić information content (AvgIpc) is 3.26. The molecule has 31 heavy (non-hydrogen) atoms. The Bertz CT molecular complexity index is 1220. The summed E-state index contributed by atoms with van der Waals surface area (Å²) in [6.45, 7) is 0. The predicted molar refractivity (Wildman–Crippen MR) is 112 cm³/mol. The summed E-state index contributed by atoms with van der Waals surface area (Å²) >= 11 is 0. The van der Waals surface area contributed by atoms with E-state index in [1.54, 1.807) is 23.1 Å². The minimum absolute atomic E-state index is 0.0382. The molecule has 0 saturated heterocycles. The number of nitrogens with one attached hydrogen (secondary N) is 2. The number of rotatable bonds is 7. The van der Waals surface area contributed by atoms with Gasteiger partial charge in [-0.3, -0.25) is 4.79 Å². The van der Waals surface area contributed by atoms with Gasteiger partial charge in [0.2, 0.25) is 5.95 Å². The molecule has 0 saturated carbocycles. The van der Waals surface area contributed by atoms with Gasteiger partial charge in [-0.1, -0.05) is 0 Å². The summed E-state index contributed by atoms with van der Waals surface area (Å²) in [6.07, 6.45) is 7.50. The normalized spacial score (nSPS) is 10.8. The second-order valence-corrected chi connectivity index (χ2v) is 6.75. The molecule has 0 radical (unpaired) electrons. The zero-order valence-corrected chi connectivity index (χ0v) is 17.0. The Morgan fingerprint density at radius 3 is 2.71 bits per heavy atom. The molecule has 3 heterocycles. The van der Waals surface area contributed by atoms with Crippen LogP contribution in [0, 0.1) is 5.82 Å². The maximum absolute atomic E-state index is 14.6. The number of methoxy groups -OCH3 is 1. The number of hydrogen-bond acceptors (Lipinski definition) is 7. The van der Waals surface area contributed by atoms with Crippen molar-refractivity contribution >= 4 is 23.2 Å². The molecular formula is C21H20FN7O2. The molecule has 0 aliphatic carbocycles. The third-order valence-corrected chi connectivity index (χ3v) is 4.74. The van der Waals surface area contributed by atoms with E-state index in [1.165, 1.54) is 32.6 Å². The molecule has 4 rings (SSSR count). The van der Waals surface area contributed by atoms with Crippen LogP contribution in [0.2, 0.25) is 0 Å². The number of pyridine rings is 1. The van der Waals surface area contributed by atoms with Crippen LogP contribution in [-0.2, 0) is 12.8 Å². The molecule has 4 aromatic rings. The summed E-state index contributed by atoms with van der Waals surface area (Å²) in [5.74, 6) is -0.311. The maximum Gasteiger partial charge on any atom is 0.251 e. The smallest absolute Gasteiger partial charge is 0.251 e. The van der Waals surface area contributed by atoms with Crippen LogP contribution in [0.4, 0.5) is 16.0 Å². The minimum atomic E-state index is -0.474. The van der Waals surface area contributed by atoms with Gasteiger partial charge in [0.1, 0.15) is 6.33 Å². The number of aromatic nitrogens is 5. The average molecular weight is 421 g/mol. The lowest BCUT2D eigenvalue weighted by Crippen LogP contribution is -2.18. The van der Waals surface area contributed by atoms with E-state index in [-0.39, 0.29) is 11.7 Å². The number of carbonyl (C=O) groups excluding carboxylic acids is 1. The van der Waals surface area contributed by atoms with E-state index in [0.717, 1.165) is 16.9 Å². The zero-order chi connectivity index (χ0) is 21.8. The van der Waals surface area contributed by atoms with Crippen LogP contribution in [-0.4, -0.2) is 44.6 Å². The van der Waals surface area contributed by atoms with Gasteiger partial charge in [0.05, 0.1) is 19.0 Å². The van der Waals surface area contributed by atoms with Gasteiger partial charge in [-0.05, 0) is 48.2 Å². The number of aryl methyl sites for hydroxylation is 2. The fourth-order valence-electron chi connectivity index (χ4n) is 3.11. The first-order valence-corrected chi connectivity index (χ1v) is 9.53. The van der Waals surface area contributed by atoms with Crippen molar-refractivity contribution in [3.05, 3.63) is 71.7 Å². The fraction of sp³-hybridized carbons (Fsp3) is 0.190. The molecule has 0 spiro atoms. The van der Waals surface area contributed by atoms with Crippen LogP contribution in [0.1, 0.15) is 21.5 Å². The van der Waals surface area contributed by atoms with Crippen molar-refractivity contribution in [2.45, 2.75) is 12.8 Å². The molecule has 9 nitrogen and oxygen atoms in total. The van der Waals surface area contributed by atoms with E-state index in [9.17, 15) is 9.18 Å². The molecule has 2 N–H and O–H groups in total. The molecule has 158 valence electrons. The number of amides is 1. The van der Waals surface area contributed by atoms with Crippen LogP contribution < -0.4 is 15.4 Å². The number of carbonyl (C=O) groups is 1. The maximum atomic E-state index is 14.6. The van der Waals surface area contributed by atoms with E-state index < -0.39 is 5.82 Å². The highest BCUT2D eigenvalue weighted by Gasteiger charge is 2.15. The lowest BCUT2D eigenvalue weighted by atomic mass is 10.0. The van der Waals surface area contributed by atoms with Gasteiger partial charge in [-0.15, -0.1) is 0 Å². The number of ether oxygens (including phenoxy) is 1. The molecule has 0 aliphatic heterocycles. The van der Waals surface area contributed by atoms with Gasteiger partial charge in [0.15, 0.2) is 17.2 Å². The number of nitrogens with zero attached hydrogens (tertiary/aromatic N) is 5. The SMILES string of the molecule is CNC(=O)c1cc(CCc2cnc(Nc3ccc4ncnn4c3)nc2)c(F)c(OC)c1. The summed E-state index contributed by atoms with van der Waals surface area (Å²) in [4.78, 5) is 24.7. The highest BCUT2D eigenvalue weighted by molar-refractivity contribution is 5.94. The Balaban J connectivity index is 1.45. The topological polar surface area (TPSA) is 106 Å². The summed E-state index contributed by atoms with van der Waals surface area (Å²) in [6, 6.07) is 6.61. The molecule has 1 amide bonds. The van der Waals surface area contributed by atoms with Crippen molar-refractivity contribution < 1.29 is 13.9 Å². The van der Waals surface area contributed by atoms with Crippen molar-refractivity contribution in [1.29, 1.82) is 0 Å². The van der Waals surface area contributed by atoms with Crippen LogP contribution in [0.15, 0.2) is 49.2 Å². The summed E-state index contributed by atoms with van der Waals surface area (Å²) in [7, 11) is 2.89. The Hall–Kier alpha value is -4.08. The van der Waals surface area contributed by atoms with Crippen LogP contribution in [0.5, 0.6) is 5.75 Å². The van der Waals surface area contributed by atoms with Crippen molar-refractivity contribution in [3.63, 3.8) is 0 Å². The van der Waals surface area contributed by atoms with Crippen molar-refractivity contribution in [2.24, 2.45) is 0 Å².